The zero-order valence-electron chi connectivity index (χ0n) is 23.2. The maximum Gasteiger partial charge on any atom is 0.329 e. The molecule has 1 aromatic carbocycles. The average molecular weight is 516 g/mol. The summed E-state index contributed by atoms with van der Waals surface area (Å²) < 4.78 is 5.93. The fraction of sp³-hybridized carbons (Fsp3) is 0.655. The summed E-state index contributed by atoms with van der Waals surface area (Å²) in [5.41, 5.74) is 0.866. The summed E-state index contributed by atoms with van der Waals surface area (Å²) in [7, 11) is 0. The van der Waals surface area contributed by atoms with Crippen LogP contribution in [0, 0.1) is 17.8 Å². The van der Waals surface area contributed by atoms with Gasteiger partial charge in [-0.1, -0.05) is 91.1 Å². The summed E-state index contributed by atoms with van der Waals surface area (Å²) in [6.07, 6.45) is 2.93. The molecule has 8 nitrogen and oxygen atoms in total. The molecule has 6 atom stereocenters. The highest BCUT2D eigenvalue weighted by molar-refractivity contribution is 5.94. The van der Waals surface area contributed by atoms with Crippen molar-refractivity contribution in [3.63, 3.8) is 0 Å². The molecule has 3 amide bonds. The van der Waals surface area contributed by atoms with Crippen LogP contribution in [0.5, 0.6) is 0 Å². The van der Waals surface area contributed by atoms with Gasteiger partial charge in [0.1, 0.15) is 24.2 Å². The highest BCUT2D eigenvalue weighted by Gasteiger charge is 2.36. The van der Waals surface area contributed by atoms with Crippen LogP contribution in [0.1, 0.15) is 79.2 Å². The monoisotopic (exact) mass is 515 g/mol. The van der Waals surface area contributed by atoms with E-state index in [9.17, 15) is 19.2 Å². The predicted molar refractivity (Wildman–Crippen MR) is 143 cm³/mol. The van der Waals surface area contributed by atoms with Gasteiger partial charge in [0, 0.05) is 6.42 Å². The molecule has 206 valence electrons. The molecule has 0 aromatic heterocycles. The lowest BCUT2D eigenvalue weighted by atomic mass is 9.94. The van der Waals surface area contributed by atoms with Gasteiger partial charge in [-0.25, -0.2) is 4.79 Å². The van der Waals surface area contributed by atoms with E-state index in [0.717, 1.165) is 24.8 Å². The number of cyclic esters (lactones) is 1. The first-order valence-electron chi connectivity index (χ1n) is 13.7. The van der Waals surface area contributed by atoms with Crippen LogP contribution >= 0.6 is 0 Å². The molecule has 1 heterocycles. The van der Waals surface area contributed by atoms with Crippen molar-refractivity contribution >= 4 is 23.7 Å². The summed E-state index contributed by atoms with van der Waals surface area (Å²) in [6.45, 7) is 11.6. The zero-order chi connectivity index (χ0) is 27.5. The normalized spacial score (nSPS) is 25.5. The van der Waals surface area contributed by atoms with E-state index in [-0.39, 0.29) is 36.5 Å². The lowest BCUT2D eigenvalue weighted by Gasteiger charge is -2.29. The van der Waals surface area contributed by atoms with Crippen LogP contribution < -0.4 is 16.0 Å². The van der Waals surface area contributed by atoms with Gasteiger partial charge < -0.3 is 20.7 Å². The molecule has 3 unspecified atom stereocenters. The number of hydrogen-bond acceptors (Lipinski definition) is 5. The molecule has 1 saturated heterocycles. The SMILES string of the molecule is CCCCC(C)C1CC(=O)N[C@@H](C(C)C)C(=O)N[C@@H](Cc2ccccc2)C(=O)NC([C@H](C)CC)C(=O)O1. The first kappa shape index (κ1) is 30.3. The van der Waals surface area contributed by atoms with Gasteiger partial charge in [-0.05, 0) is 29.7 Å². The first-order valence-corrected chi connectivity index (χ1v) is 13.7. The van der Waals surface area contributed by atoms with Crippen molar-refractivity contribution in [1.29, 1.82) is 0 Å². The van der Waals surface area contributed by atoms with E-state index in [1.807, 2.05) is 65.0 Å². The van der Waals surface area contributed by atoms with Crippen molar-refractivity contribution in [3.05, 3.63) is 35.9 Å². The van der Waals surface area contributed by atoms with Crippen molar-refractivity contribution in [2.75, 3.05) is 0 Å². The number of ether oxygens (including phenoxy) is 1. The quantitative estimate of drug-likeness (QED) is 0.436. The number of nitrogens with one attached hydrogen (secondary N) is 3. The maximum atomic E-state index is 13.5. The van der Waals surface area contributed by atoms with E-state index in [4.69, 9.17) is 4.74 Å². The van der Waals surface area contributed by atoms with E-state index in [1.54, 1.807) is 0 Å². The van der Waals surface area contributed by atoms with Gasteiger partial charge in [0.2, 0.25) is 17.7 Å². The molecule has 2 rings (SSSR count). The van der Waals surface area contributed by atoms with E-state index in [0.29, 0.717) is 6.42 Å². The first-order chi connectivity index (χ1) is 17.6. The van der Waals surface area contributed by atoms with Crippen LogP contribution in [0.3, 0.4) is 0 Å². The standard InChI is InChI=1S/C29H45N3O5/c1-7-9-13-20(6)23-17-24(33)31-25(18(3)4)28(35)30-22(16-21-14-11-10-12-15-21)27(34)32-26(19(5)8-2)29(36)37-23/h10-12,14-15,18-20,22-23,25-26H,7-9,13,16-17H2,1-6H3,(H,30,35)(H,31,33)(H,32,34)/t19-,20?,22+,23?,25+,26?/m1/s1. The topological polar surface area (TPSA) is 114 Å². The minimum atomic E-state index is -0.924. The maximum absolute atomic E-state index is 13.5. The molecule has 0 spiro atoms. The number of rotatable bonds is 9. The van der Waals surface area contributed by atoms with Gasteiger partial charge >= 0.3 is 5.97 Å². The third-order valence-electron chi connectivity index (χ3n) is 7.25. The van der Waals surface area contributed by atoms with Gasteiger partial charge in [-0.15, -0.1) is 0 Å². The molecular formula is C29H45N3O5. The van der Waals surface area contributed by atoms with Gasteiger partial charge in [-0.2, -0.15) is 0 Å². The summed E-state index contributed by atoms with van der Waals surface area (Å²) in [6, 6.07) is 6.73. The molecule has 1 fully saturated rings. The van der Waals surface area contributed by atoms with E-state index < -0.39 is 42.0 Å². The fourth-order valence-corrected chi connectivity index (χ4v) is 4.49. The molecule has 8 heteroatoms. The second-order valence-corrected chi connectivity index (χ2v) is 10.7. The Bertz CT molecular complexity index is 904. The Morgan fingerprint density at radius 3 is 2.14 bits per heavy atom. The summed E-state index contributed by atoms with van der Waals surface area (Å²) >= 11 is 0. The minimum Gasteiger partial charge on any atom is -0.460 e. The van der Waals surface area contributed by atoms with Crippen LogP contribution in [0.2, 0.25) is 0 Å². The Kier molecular flexibility index (Phi) is 12.1. The second-order valence-electron chi connectivity index (χ2n) is 10.7. The van der Waals surface area contributed by atoms with Crippen molar-refractivity contribution < 1.29 is 23.9 Å². The molecule has 0 bridgehead atoms. The molecule has 1 aromatic rings. The molecule has 0 saturated carbocycles. The largest absolute Gasteiger partial charge is 0.460 e. The van der Waals surface area contributed by atoms with Crippen LogP contribution in [0.4, 0.5) is 0 Å². The van der Waals surface area contributed by atoms with Crippen molar-refractivity contribution in [3.8, 4) is 0 Å². The molecule has 0 aliphatic carbocycles. The summed E-state index contributed by atoms with van der Waals surface area (Å²) in [5, 5.41) is 8.54. The predicted octanol–water partition coefficient (Wildman–Crippen LogP) is 3.53. The highest BCUT2D eigenvalue weighted by Crippen LogP contribution is 2.21. The van der Waals surface area contributed by atoms with E-state index in [2.05, 4.69) is 22.9 Å². The van der Waals surface area contributed by atoms with Crippen LogP contribution in [0.15, 0.2) is 30.3 Å². The number of benzene rings is 1. The van der Waals surface area contributed by atoms with Crippen LogP contribution in [-0.4, -0.2) is 47.9 Å². The molecule has 0 radical (unpaired) electrons. The molecule has 1 aliphatic rings. The lowest BCUT2D eigenvalue weighted by molar-refractivity contribution is -0.158. The number of carbonyl (C=O) groups is 4. The zero-order valence-corrected chi connectivity index (χ0v) is 23.2. The van der Waals surface area contributed by atoms with E-state index in [1.165, 1.54) is 0 Å². The number of unbranched alkanes of at least 4 members (excludes halogenated alkanes) is 1. The lowest BCUT2D eigenvalue weighted by Crippen LogP contribution is -2.58. The Balaban J connectivity index is 2.46. The van der Waals surface area contributed by atoms with Gasteiger partial charge in [0.25, 0.3) is 0 Å². The third kappa shape index (κ3) is 9.17. The summed E-state index contributed by atoms with van der Waals surface area (Å²) in [4.78, 5) is 53.3. The number of carbonyl (C=O) groups excluding carboxylic acids is 4. The van der Waals surface area contributed by atoms with Gasteiger partial charge in [-0.3, -0.25) is 14.4 Å². The summed E-state index contributed by atoms with van der Waals surface area (Å²) in [5.74, 6) is -2.24. The Hall–Kier alpha value is -2.90. The van der Waals surface area contributed by atoms with E-state index >= 15 is 0 Å². The van der Waals surface area contributed by atoms with Gasteiger partial charge in [0.15, 0.2) is 0 Å². The molecular weight excluding hydrogens is 470 g/mol. The van der Waals surface area contributed by atoms with Crippen molar-refractivity contribution in [2.45, 2.75) is 104 Å². The molecule has 37 heavy (non-hydrogen) atoms. The van der Waals surface area contributed by atoms with Crippen molar-refractivity contribution in [1.82, 2.24) is 16.0 Å². The molecule has 1 aliphatic heterocycles. The number of hydrogen-bond donors (Lipinski definition) is 3. The van der Waals surface area contributed by atoms with Crippen LogP contribution in [0.25, 0.3) is 0 Å². The average Bonchev–Trinajstić information content (AvgIpc) is 2.87. The van der Waals surface area contributed by atoms with Gasteiger partial charge in [0.05, 0.1) is 6.42 Å². The number of esters is 1. The van der Waals surface area contributed by atoms with Crippen molar-refractivity contribution in [2.24, 2.45) is 17.8 Å². The fourth-order valence-electron chi connectivity index (χ4n) is 4.49. The Morgan fingerprint density at radius 2 is 1.54 bits per heavy atom. The van der Waals surface area contributed by atoms with Crippen LogP contribution in [-0.2, 0) is 30.3 Å². The smallest absolute Gasteiger partial charge is 0.329 e. The minimum absolute atomic E-state index is 0.0399. The Morgan fingerprint density at radius 1 is 0.865 bits per heavy atom. The second kappa shape index (κ2) is 14.7. The Labute approximate surface area is 221 Å². The highest BCUT2D eigenvalue weighted by atomic mass is 16.5. The third-order valence-corrected chi connectivity index (χ3v) is 7.25. The molecule has 3 N–H and O–H groups in total. The number of amides is 3.